The number of rotatable bonds is 12. The van der Waals surface area contributed by atoms with Gasteiger partial charge in [-0.2, -0.15) is 0 Å². The molecule has 8 heteroatoms. The van der Waals surface area contributed by atoms with E-state index in [2.05, 4.69) is 17.3 Å². The molecular weight excluding hydrogens is 669 g/mol. The van der Waals surface area contributed by atoms with E-state index >= 15 is 0 Å². The second-order valence-electron chi connectivity index (χ2n) is 11.3. The number of carbonyl (C=O) groups is 2. The molecule has 0 fully saturated rings. The number of nitrogens with zero attached hydrogens (tertiary/aromatic N) is 1. The Labute approximate surface area is 284 Å². The molecule has 1 atom stereocenters. The SMILES string of the molecule is COc1ccc(-c2cc(COc3c(C(=O)c4ccccc4)cc(C(=O)c4ccccc4)c4c3CC(C[Se]c3ccccc3)O4)on2)cc1. The summed E-state index contributed by atoms with van der Waals surface area (Å²) in [6, 6.07) is 39.4. The quantitative estimate of drug-likeness (QED) is 0.0991. The molecule has 7 nitrogen and oxygen atoms in total. The minimum atomic E-state index is -0.246. The third-order valence-corrected chi connectivity index (χ3v) is 10.5. The van der Waals surface area contributed by atoms with Gasteiger partial charge in [0.25, 0.3) is 0 Å². The molecule has 0 aliphatic carbocycles. The standard InChI is InChI=1S/C40H31NO6Se/c1-44-29-19-17-26(18-20-29)36-22-30(47-41-36)24-45-39-33(37(42)27-11-5-2-6-12-27)23-34(38(43)28-13-7-3-8-14-28)40-35(39)21-31(46-40)25-48-32-15-9-4-10-16-32/h2-20,22-23,31H,21,24-25H2,1H3. The van der Waals surface area contributed by atoms with Crippen molar-refractivity contribution in [3.8, 4) is 28.5 Å². The first-order valence-electron chi connectivity index (χ1n) is 15.5. The zero-order valence-corrected chi connectivity index (χ0v) is 27.8. The van der Waals surface area contributed by atoms with Crippen molar-refractivity contribution in [1.82, 2.24) is 5.16 Å². The number of ketones is 2. The molecule has 2 heterocycles. The maximum atomic E-state index is 14.1. The van der Waals surface area contributed by atoms with E-state index in [1.165, 1.54) is 4.46 Å². The fourth-order valence-corrected chi connectivity index (χ4v) is 7.59. The first-order valence-corrected chi connectivity index (χ1v) is 17.6. The summed E-state index contributed by atoms with van der Waals surface area (Å²) in [5.74, 6) is 1.63. The van der Waals surface area contributed by atoms with Crippen LogP contribution in [0.15, 0.2) is 132 Å². The van der Waals surface area contributed by atoms with E-state index < -0.39 is 0 Å². The summed E-state index contributed by atoms with van der Waals surface area (Å²) < 4.78 is 25.2. The van der Waals surface area contributed by atoms with Crippen molar-refractivity contribution >= 4 is 31.0 Å². The van der Waals surface area contributed by atoms with E-state index in [0.717, 1.165) is 16.6 Å². The Hall–Kier alpha value is -5.43. The van der Waals surface area contributed by atoms with Gasteiger partial charge in [-0.3, -0.25) is 0 Å². The van der Waals surface area contributed by atoms with Crippen molar-refractivity contribution in [2.24, 2.45) is 0 Å². The second kappa shape index (κ2) is 14.1. The molecule has 0 spiro atoms. The van der Waals surface area contributed by atoms with Crippen LogP contribution in [0.2, 0.25) is 5.32 Å². The summed E-state index contributed by atoms with van der Waals surface area (Å²) in [6.07, 6.45) is 0.316. The predicted molar refractivity (Wildman–Crippen MR) is 184 cm³/mol. The third-order valence-electron chi connectivity index (χ3n) is 8.09. The molecule has 0 saturated carbocycles. The maximum absolute atomic E-state index is 14.1. The minimum absolute atomic E-state index is 0.0231. The molecule has 0 radical (unpaired) electrons. The van der Waals surface area contributed by atoms with Gasteiger partial charge in [0.15, 0.2) is 0 Å². The van der Waals surface area contributed by atoms with Crippen molar-refractivity contribution in [3.05, 3.63) is 161 Å². The monoisotopic (exact) mass is 701 g/mol. The zero-order chi connectivity index (χ0) is 32.9. The summed E-state index contributed by atoms with van der Waals surface area (Å²) in [7, 11) is 1.62. The normalized spacial score (nSPS) is 13.4. The number of benzene rings is 5. The van der Waals surface area contributed by atoms with Crippen LogP contribution >= 0.6 is 0 Å². The van der Waals surface area contributed by atoms with Gasteiger partial charge in [0.05, 0.1) is 7.11 Å². The van der Waals surface area contributed by atoms with Crippen LogP contribution in [0.1, 0.15) is 43.2 Å². The summed E-state index contributed by atoms with van der Waals surface area (Å²) in [6.45, 7) is 0.0231. The average Bonchev–Trinajstić information content (AvgIpc) is 3.81. The summed E-state index contributed by atoms with van der Waals surface area (Å²) >= 11 is 0.152. The number of methoxy groups -OCH3 is 1. The first-order chi connectivity index (χ1) is 23.6. The fraction of sp³-hybridized carbons (Fsp3) is 0.125. The van der Waals surface area contributed by atoms with Gasteiger partial charge in [-0.05, 0) is 12.1 Å². The molecule has 1 aliphatic heterocycles. The Morgan fingerprint density at radius 1 is 0.792 bits per heavy atom. The summed E-state index contributed by atoms with van der Waals surface area (Å²) in [5.41, 5.74) is 3.87. The van der Waals surface area contributed by atoms with E-state index in [-0.39, 0.29) is 39.2 Å². The van der Waals surface area contributed by atoms with Crippen LogP contribution in [0, 0.1) is 0 Å². The van der Waals surface area contributed by atoms with Gasteiger partial charge in [-0.15, -0.1) is 0 Å². The van der Waals surface area contributed by atoms with Crippen LogP contribution in [0.3, 0.4) is 0 Å². The van der Waals surface area contributed by atoms with Gasteiger partial charge in [0.1, 0.15) is 5.75 Å². The molecule has 1 aliphatic rings. The fourth-order valence-electron chi connectivity index (χ4n) is 5.67. The van der Waals surface area contributed by atoms with Gasteiger partial charge in [0.2, 0.25) is 0 Å². The van der Waals surface area contributed by atoms with Crippen LogP contribution in [-0.4, -0.2) is 44.9 Å². The van der Waals surface area contributed by atoms with E-state index in [1.807, 2.05) is 84.9 Å². The van der Waals surface area contributed by atoms with Crippen LogP contribution in [0.25, 0.3) is 11.3 Å². The second-order valence-corrected chi connectivity index (χ2v) is 13.6. The van der Waals surface area contributed by atoms with E-state index in [0.29, 0.717) is 57.2 Å². The van der Waals surface area contributed by atoms with Gasteiger partial charge in [0, 0.05) is 0 Å². The number of aromatic nitrogens is 1. The van der Waals surface area contributed by atoms with Crippen molar-refractivity contribution in [2.75, 3.05) is 7.11 Å². The number of hydrogen-bond acceptors (Lipinski definition) is 7. The molecule has 1 unspecified atom stereocenters. The van der Waals surface area contributed by atoms with Crippen molar-refractivity contribution in [2.45, 2.75) is 24.5 Å². The number of hydrogen-bond donors (Lipinski definition) is 0. The predicted octanol–water partition coefficient (Wildman–Crippen LogP) is 7.14. The van der Waals surface area contributed by atoms with Crippen molar-refractivity contribution in [3.63, 3.8) is 0 Å². The zero-order valence-electron chi connectivity index (χ0n) is 26.1. The molecule has 6 aromatic rings. The number of fused-ring (bicyclic) bond motifs is 1. The van der Waals surface area contributed by atoms with E-state index in [4.69, 9.17) is 18.7 Å². The molecular formula is C40H31NO6Se. The van der Waals surface area contributed by atoms with Crippen LogP contribution in [0.5, 0.6) is 17.2 Å². The molecule has 1 aromatic heterocycles. The van der Waals surface area contributed by atoms with Gasteiger partial charge >= 0.3 is 256 Å². The summed E-state index contributed by atoms with van der Waals surface area (Å²) in [4.78, 5) is 28.2. The molecule has 48 heavy (non-hydrogen) atoms. The van der Waals surface area contributed by atoms with Crippen molar-refractivity contribution in [1.29, 1.82) is 0 Å². The van der Waals surface area contributed by atoms with E-state index in [1.54, 1.807) is 37.4 Å². The van der Waals surface area contributed by atoms with Crippen LogP contribution in [0.4, 0.5) is 0 Å². The Morgan fingerprint density at radius 2 is 1.42 bits per heavy atom. The number of carbonyl (C=O) groups excluding carboxylic acids is 2. The molecule has 238 valence electrons. The van der Waals surface area contributed by atoms with Crippen LogP contribution in [-0.2, 0) is 13.0 Å². The van der Waals surface area contributed by atoms with Crippen LogP contribution < -0.4 is 18.7 Å². The smallest absolute Gasteiger partial charge is 0.0193 e. The Morgan fingerprint density at radius 3 is 2.06 bits per heavy atom. The summed E-state index contributed by atoms with van der Waals surface area (Å²) in [5, 5.41) is 5.03. The van der Waals surface area contributed by atoms with Gasteiger partial charge in [-0.1, -0.05) is 0 Å². The third kappa shape index (κ3) is 6.67. The molecule has 0 amide bonds. The molecule has 0 bridgehead atoms. The topological polar surface area (TPSA) is 87.9 Å². The molecule has 0 N–H and O–H groups in total. The Balaban J connectivity index is 1.26. The van der Waals surface area contributed by atoms with Crippen molar-refractivity contribution < 1.29 is 28.3 Å². The van der Waals surface area contributed by atoms with Gasteiger partial charge < -0.3 is 4.74 Å². The van der Waals surface area contributed by atoms with E-state index in [9.17, 15) is 9.59 Å². The minimum Gasteiger partial charge on any atom is -0.0193 e. The molecule has 0 saturated heterocycles. The van der Waals surface area contributed by atoms with Gasteiger partial charge in [-0.25, -0.2) is 0 Å². The average molecular weight is 701 g/mol. The first kappa shape index (κ1) is 31.2. The molecule has 7 rings (SSSR count). The molecule has 5 aromatic carbocycles. The Bertz CT molecular complexity index is 2040. The number of ether oxygens (including phenoxy) is 3. The Kier molecular flexibility index (Phi) is 9.18.